The van der Waals surface area contributed by atoms with Crippen molar-refractivity contribution in [2.75, 3.05) is 5.32 Å². The molecule has 2 aromatic rings. The average Bonchev–Trinajstić information content (AvgIpc) is 3.46. The van der Waals surface area contributed by atoms with Gasteiger partial charge in [0.25, 0.3) is 0 Å². The number of anilines is 1. The van der Waals surface area contributed by atoms with Crippen LogP contribution in [0.4, 0.5) is 5.69 Å². The van der Waals surface area contributed by atoms with Gasteiger partial charge in [0.05, 0.1) is 9.79 Å². The summed E-state index contributed by atoms with van der Waals surface area (Å²) in [5.74, 6) is -0.462. The SMILES string of the molecule is Cc1cc(S(N)(=O)=O)cc(NC(=O)/C=C/c2ccc(S(=O)(=O)NC3CC3)cc2)c1C. The molecule has 0 spiro atoms. The van der Waals surface area contributed by atoms with Crippen LogP contribution in [0.1, 0.15) is 29.5 Å². The molecule has 0 aliphatic heterocycles. The van der Waals surface area contributed by atoms with Crippen LogP contribution in [0.2, 0.25) is 0 Å². The van der Waals surface area contributed by atoms with Crippen molar-refractivity contribution >= 4 is 37.7 Å². The van der Waals surface area contributed by atoms with Gasteiger partial charge in [0.1, 0.15) is 0 Å². The number of hydrogen-bond acceptors (Lipinski definition) is 5. The van der Waals surface area contributed by atoms with Gasteiger partial charge in [-0.05, 0) is 73.7 Å². The summed E-state index contributed by atoms with van der Waals surface area (Å²) in [6.07, 6.45) is 4.53. The maximum Gasteiger partial charge on any atom is 0.248 e. The molecule has 0 aromatic heterocycles. The van der Waals surface area contributed by atoms with Crippen LogP contribution in [0.3, 0.4) is 0 Å². The summed E-state index contributed by atoms with van der Waals surface area (Å²) in [5.41, 5.74) is 2.39. The van der Waals surface area contributed by atoms with Crippen LogP contribution in [0.5, 0.6) is 0 Å². The number of benzene rings is 2. The van der Waals surface area contributed by atoms with E-state index in [0.29, 0.717) is 16.8 Å². The summed E-state index contributed by atoms with van der Waals surface area (Å²) >= 11 is 0. The van der Waals surface area contributed by atoms with Crippen molar-refractivity contribution in [2.24, 2.45) is 5.14 Å². The zero-order valence-electron chi connectivity index (χ0n) is 16.5. The van der Waals surface area contributed by atoms with Crippen LogP contribution in [0.15, 0.2) is 52.3 Å². The van der Waals surface area contributed by atoms with Crippen LogP contribution in [-0.4, -0.2) is 28.8 Å². The first kappa shape index (κ1) is 22.2. The Hall–Kier alpha value is -2.53. The number of nitrogens with one attached hydrogen (secondary N) is 2. The normalized spacial score (nSPS) is 14.8. The molecule has 0 bridgehead atoms. The molecule has 1 fully saturated rings. The monoisotopic (exact) mass is 449 g/mol. The minimum atomic E-state index is -3.90. The smallest absolute Gasteiger partial charge is 0.248 e. The lowest BCUT2D eigenvalue weighted by Gasteiger charge is -2.11. The molecule has 1 amide bonds. The van der Waals surface area contributed by atoms with Crippen LogP contribution in [-0.2, 0) is 24.8 Å². The first-order valence-corrected chi connectivity index (χ1v) is 12.2. The second kappa shape index (κ2) is 8.31. The van der Waals surface area contributed by atoms with Gasteiger partial charge in [-0.2, -0.15) is 0 Å². The van der Waals surface area contributed by atoms with Crippen LogP contribution >= 0.6 is 0 Å². The molecule has 0 radical (unpaired) electrons. The molecule has 0 saturated heterocycles. The molecule has 4 N–H and O–H groups in total. The summed E-state index contributed by atoms with van der Waals surface area (Å²) in [5, 5.41) is 7.83. The third-order valence-electron chi connectivity index (χ3n) is 4.74. The molecule has 1 aliphatic carbocycles. The van der Waals surface area contributed by atoms with Crippen molar-refractivity contribution in [3.63, 3.8) is 0 Å². The largest absolute Gasteiger partial charge is 0.322 e. The fraction of sp³-hybridized carbons (Fsp3) is 0.250. The number of amides is 1. The van der Waals surface area contributed by atoms with E-state index in [2.05, 4.69) is 10.0 Å². The summed E-state index contributed by atoms with van der Waals surface area (Å²) in [6.45, 7) is 3.49. The van der Waals surface area contributed by atoms with Gasteiger partial charge in [0.2, 0.25) is 26.0 Å². The van der Waals surface area contributed by atoms with Gasteiger partial charge in [0.15, 0.2) is 0 Å². The topological polar surface area (TPSA) is 135 Å². The molecule has 2 aromatic carbocycles. The minimum absolute atomic E-state index is 0.0260. The van der Waals surface area contributed by atoms with Crippen molar-refractivity contribution in [3.05, 3.63) is 59.2 Å². The quantitative estimate of drug-likeness (QED) is 0.556. The molecule has 1 aliphatic rings. The van der Waals surface area contributed by atoms with Gasteiger partial charge in [-0.3, -0.25) is 4.79 Å². The van der Waals surface area contributed by atoms with Crippen LogP contribution < -0.4 is 15.2 Å². The van der Waals surface area contributed by atoms with E-state index >= 15 is 0 Å². The average molecular weight is 450 g/mol. The van der Waals surface area contributed by atoms with E-state index in [-0.39, 0.29) is 15.8 Å². The van der Waals surface area contributed by atoms with Gasteiger partial charge in [-0.15, -0.1) is 0 Å². The highest BCUT2D eigenvalue weighted by atomic mass is 32.2. The fourth-order valence-electron chi connectivity index (χ4n) is 2.71. The molecule has 3 rings (SSSR count). The van der Waals surface area contributed by atoms with Gasteiger partial charge >= 0.3 is 0 Å². The van der Waals surface area contributed by atoms with Crippen LogP contribution in [0, 0.1) is 13.8 Å². The Bertz CT molecular complexity index is 1210. The molecule has 160 valence electrons. The highest BCUT2D eigenvalue weighted by molar-refractivity contribution is 7.89. The Morgan fingerprint density at radius 3 is 2.23 bits per heavy atom. The van der Waals surface area contributed by atoms with Crippen molar-refractivity contribution in [2.45, 2.75) is 42.5 Å². The van der Waals surface area contributed by atoms with Gasteiger partial charge in [0, 0.05) is 17.8 Å². The molecule has 10 heteroatoms. The third-order valence-corrected chi connectivity index (χ3v) is 7.17. The minimum Gasteiger partial charge on any atom is -0.322 e. The first-order chi connectivity index (χ1) is 14.0. The van der Waals surface area contributed by atoms with E-state index in [1.807, 2.05) is 0 Å². The second-order valence-corrected chi connectivity index (χ2v) is 10.5. The molecular weight excluding hydrogens is 426 g/mol. The predicted octanol–water partition coefficient (Wildman–Crippen LogP) is 2.04. The molecule has 1 saturated carbocycles. The highest BCUT2D eigenvalue weighted by Crippen LogP contribution is 2.24. The van der Waals surface area contributed by atoms with Crippen LogP contribution in [0.25, 0.3) is 6.08 Å². The second-order valence-electron chi connectivity index (χ2n) is 7.24. The number of aryl methyl sites for hydroxylation is 1. The van der Waals surface area contributed by atoms with E-state index < -0.39 is 26.0 Å². The van der Waals surface area contributed by atoms with E-state index in [9.17, 15) is 21.6 Å². The summed E-state index contributed by atoms with van der Waals surface area (Å²) < 4.78 is 50.2. The maximum atomic E-state index is 12.3. The van der Waals surface area contributed by atoms with Gasteiger partial charge in [-0.25, -0.2) is 26.7 Å². The highest BCUT2D eigenvalue weighted by Gasteiger charge is 2.27. The zero-order valence-corrected chi connectivity index (χ0v) is 18.2. The molecule has 30 heavy (non-hydrogen) atoms. The summed E-state index contributed by atoms with van der Waals surface area (Å²) in [6, 6.07) is 8.94. The lowest BCUT2D eigenvalue weighted by Crippen LogP contribution is -2.25. The summed E-state index contributed by atoms with van der Waals surface area (Å²) in [7, 11) is -7.42. The van der Waals surface area contributed by atoms with E-state index in [4.69, 9.17) is 5.14 Å². The van der Waals surface area contributed by atoms with E-state index in [1.54, 1.807) is 26.0 Å². The predicted molar refractivity (Wildman–Crippen MR) is 115 cm³/mol. The molecule has 0 unspecified atom stereocenters. The van der Waals surface area contributed by atoms with E-state index in [1.165, 1.54) is 36.4 Å². The third kappa shape index (κ3) is 5.54. The lowest BCUT2D eigenvalue weighted by atomic mass is 10.1. The van der Waals surface area contributed by atoms with Crippen molar-refractivity contribution in [1.29, 1.82) is 0 Å². The van der Waals surface area contributed by atoms with Crippen molar-refractivity contribution in [1.82, 2.24) is 4.72 Å². The van der Waals surface area contributed by atoms with E-state index in [0.717, 1.165) is 18.4 Å². The molecule has 8 nitrogen and oxygen atoms in total. The van der Waals surface area contributed by atoms with Crippen molar-refractivity contribution in [3.8, 4) is 0 Å². The number of primary sulfonamides is 1. The number of rotatable bonds is 7. The Morgan fingerprint density at radius 1 is 1.03 bits per heavy atom. The number of carbonyl (C=O) groups is 1. The fourth-order valence-corrected chi connectivity index (χ4v) is 4.64. The molecular formula is C20H23N3O5S2. The Morgan fingerprint density at radius 2 is 1.67 bits per heavy atom. The zero-order chi connectivity index (χ0) is 22.1. The number of hydrogen-bond donors (Lipinski definition) is 3. The lowest BCUT2D eigenvalue weighted by molar-refractivity contribution is -0.111. The number of sulfonamides is 2. The summed E-state index contributed by atoms with van der Waals surface area (Å²) in [4.78, 5) is 12.4. The molecule has 0 heterocycles. The maximum absolute atomic E-state index is 12.3. The number of carbonyl (C=O) groups excluding carboxylic acids is 1. The Labute approximate surface area is 176 Å². The van der Waals surface area contributed by atoms with Gasteiger partial charge in [-0.1, -0.05) is 12.1 Å². The van der Waals surface area contributed by atoms with Crippen molar-refractivity contribution < 1.29 is 21.6 Å². The Balaban J connectivity index is 1.71. The Kier molecular flexibility index (Phi) is 6.14. The standard InChI is InChI=1S/C20H23N3O5S2/c1-13-11-18(29(21,25)26)12-19(14(13)2)22-20(24)10-5-15-3-8-17(9-4-15)30(27,28)23-16-6-7-16/h3-5,8-12,16,23H,6-7H2,1-2H3,(H,22,24)(H2,21,25,26)/b10-5+. The first-order valence-electron chi connectivity index (χ1n) is 9.21. The van der Waals surface area contributed by atoms with Gasteiger partial charge < -0.3 is 5.32 Å². The molecule has 0 atom stereocenters. The number of nitrogens with two attached hydrogens (primary N) is 1.